The van der Waals surface area contributed by atoms with Gasteiger partial charge in [0.1, 0.15) is 0 Å². The molecular weight excluding hydrogens is 248 g/mol. The van der Waals surface area contributed by atoms with Crippen LogP contribution in [0.15, 0.2) is 18.2 Å². The number of nitrogens with zero attached hydrogens (tertiary/aromatic N) is 3. The molecule has 2 aromatic rings. The summed E-state index contributed by atoms with van der Waals surface area (Å²) in [6.07, 6.45) is 5.44. The Bertz CT molecular complexity index is 596. The van der Waals surface area contributed by atoms with Crippen molar-refractivity contribution < 1.29 is 0 Å². The number of anilines is 1. The van der Waals surface area contributed by atoms with Gasteiger partial charge < -0.3 is 15.2 Å². The first-order valence-corrected chi connectivity index (χ1v) is 7.58. The second kappa shape index (κ2) is 5.44. The Morgan fingerprint density at radius 2 is 2.10 bits per heavy atom. The van der Waals surface area contributed by atoms with Gasteiger partial charge in [-0.1, -0.05) is 25.0 Å². The van der Waals surface area contributed by atoms with Crippen LogP contribution < -0.4 is 5.73 Å². The summed E-state index contributed by atoms with van der Waals surface area (Å²) in [4.78, 5) is 6.95. The van der Waals surface area contributed by atoms with E-state index in [0.717, 1.165) is 24.6 Å². The van der Waals surface area contributed by atoms with Crippen molar-refractivity contribution in [3.63, 3.8) is 0 Å². The van der Waals surface area contributed by atoms with Gasteiger partial charge in [0.2, 0.25) is 5.95 Å². The van der Waals surface area contributed by atoms with Crippen LogP contribution in [0.3, 0.4) is 0 Å². The highest BCUT2D eigenvalue weighted by molar-refractivity contribution is 5.81. The molecule has 0 radical (unpaired) electrons. The van der Waals surface area contributed by atoms with Gasteiger partial charge in [-0.25, -0.2) is 4.98 Å². The summed E-state index contributed by atoms with van der Waals surface area (Å²) in [5.74, 6) is 0.633. The average Bonchev–Trinajstić information content (AvgIpc) is 3.04. The van der Waals surface area contributed by atoms with E-state index >= 15 is 0 Å². The first-order valence-electron chi connectivity index (χ1n) is 7.58. The highest BCUT2D eigenvalue weighted by atomic mass is 15.2. The van der Waals surface area contributed by atoms with E-state index in [0.29, 0.717) is 5.95 Å². The van der Waals surface area contributed by atoms with E-state index in [-0.39, 0.29) is 0 Å². The van der Waals surface area contributed by atoms with Crippen molar-refractivity contribution in [2.24, 2.45) is 0 Å². The van der Waals surface area contributed by atoms with E-state index < -0.39 is 0 Å². The predicted octanol–water partition coefficient (Wildman–Crippen LogP) is 2.80. The number of benzene rings is 1. The minimum atomic E-state index is 0.633. The number of para-hydroxylation sites is 1. The van der Waals surface area contributed by atoms with E-state index in [1.54, 1.807) is 0 Å². The monoisotopic (exact) mass is 272 g/mol. The molecule has 0 spiro atoms. The molecule has 2 N–H and O–H groups in total. The lowest BCUT2D eigenvalue weighted by Gasteiger charge is -2.24. The van der Waals surface area contributed by atoms with Gasteiger partial charge in [0.15, 0.2) is 0 Å². The maximum atomic E-state index is 6.10. The van der Waals surface area contributed by atoms with E-state index in [1.807, 2.05) is 12.1 Å². The van der Waals surface area contributed by atoms with E-state index in [1.165, 1.54) is 36.8 Å². The summed E-state index contributed by atoms with van der Waals surface area (Å²) in [6, 6.07) is 6.96. The van der Waals surface area contributed by atoms with Crippen LogP contribution in [-0.2, 0) is 6.54 Å². The lowest BCUT2D eigenvalue weighted by Crippen LogP contribution is -2.32. The molecule has 20 heavy (non-hydrogen) atoms. The maximum Gasteiger partial charge on any atom is 0.201 e. The quantitative estimate of drug-likeness (QED) is 0.931. The first kappa shape index (κ1) is 13.4. The van der Waals surface area contributed by atoms with Gasteiger partial charge in [-0.2, -0.15) is 0 Å². The summed E-state index contributed by atoms with van der Waals surface area (Å²) in [5.41, 5.74) is 9.53. The smallest absolute Gasteiger partial charge is 0.201 e. The molecule has 4 nitrogen and oxygen atoms in total. The van der Waals surface area contributed by atoms with Crippen LogP contribution in [0, 0.1) is 6.92 Å². The van der Waals surface area contributed by atoms with Gasteiger partial charge in [-0.05, 0) is 38.4 Å². The van der Waals surface area contributed by atoms with Gasteiger partial charge in [-0.15, -0.1) is 0 Å². The number of nitrogens with two attached hydrogens (primary N) is 1. The number of imidazole rings is 1. The highest BCUT2D eigenvalue weighted by Crippen LogP contribution is 2.24. The fourth-order valence-corrected chi connectivity index (χ4v) is 3.39. The lowest BCUT2D eigenvalue weighted by molar-refractivity contribution is 0.238. The fourth-order valence-electron chi connectivity index (χ4n) is 3.39. The topological polar surface area (TPSA) is 47.1 Å². The number of aryl methyl sites for hydroxylation is 1. The average molecular weight is 272 g/mol. The van der Waals surface area contributed by atoms with Crippen molar-refractivity contribution in [1.29, 1.82) is 0 Å². The van der Waals surface area contributed by atoms with Crippen molar-refractivity contribution in [2.45, 2.75) is 45.2 Å². The van der Waals surface area contributed by atoms with Crippen molar-refractivity contribution in [2.75, 3.05) is 19.3 Å². The second-order valence-corrected chi connectivity index (χ2v) is 5.98. The molecule has 0 saturated heterocycles. The molecule has 1 fully saturated rings. The lowest BCUT2D eigenvalue weighted by atomic mass is 10.2. The van der Waals surface area contributed by atoms with Crippen molar-refractivity contribution in [3.05, 3.63) is 23.8 Å². The minimum Gasteiger partial charge on any atom is -0.369 e. The molecule has 1 aromatic heterocycles. The minimum absolute atomic E-state index is 0.633. The molecule has 0 unspecified atom stereocenters. The number of hydrogen-bond acceptors (Lipinski definition) is 3. The van der Waals surface area contributed by atoms with Crippen LogP contribution in [0.4, 0.5) is 5.95 Å². The Balaban J connectivity index is 1.78. The third-order valence-electron chi connectivity index (χ3n) is 4.62. The van der Waals surface area contributed by atoms with Crippen LogP contribution in [0.1, 0.15) is 31.2 Å². The standard InChI is InChI=1S/C16H24N4/c1-12-6-5-9-14-15(12)20(16(17)18-14)11-10-19(2)13-7-3-4-8-13/h5-6,9,13H,3-4,7-8,10-11H2,1-2H3,(H2,17,18). The zero-order valence-electron chi connectivity index (χ0n) is 12.5. The molecule has 0 bridgehead atoms. The van der Waals surface area contributed by atoms with Crippen LogP contribution in [0.2, 0.25) is 0 Å². The summed E-state index contributed by atoms with van der Waals surface area (Å²) in [5, 5.41) is 0. The number of aromatic nitrogens is 2. The van der Waals surface area contributed by atoms with E-state index in [2.05, 4.69) is 34.5 Å². The molecule has 1 heterocycles. The Kier molecular flexibility index (Phi) is 3.66. The largest absolute Gasteiger partial charge is 0.369 e. The highest BCUT2D eigenvalue weighted by Gasteiger charge is 2.19. The molecule has 1 saturated carbocycles. The molecule has 0 atom stereocenters. The van der Waals surface area contributed by atoms with Crippen molar-refractivity contribution in [3.8, 4) is 0 Å². The van der Waals surface area contributed by atoms with Gasteiger partial charge in [-0.3, -0.25) is 0 Å². The molecule has 4 heteroatoms. The molecule has 1 aliphatic carbocycles. The zero-order valence-corrected chi connectivity index (χ0v) is 12.5. The molecule has 108 valence electrons. The third kappa shape index (κ3) is 2.40. The second-order valence-electron chi connectivity index (χ2n) is 5.98. The Morgan fingerprint density at radius 3 is 2.85 bits per heavy atom. The van der Waals surface area contributed by atoms with Gasteiger partial charge in [0.05, 0.1) is 11.0 Å². The molecule has 3 rings (SSSR count). The van der Waals surface area contributed by atoms with Crippen LogP contribution in [0.5, 0.6) is 0 Å². The Hall–Kier alpha value is -1.55. The Labute approximate surface area is 120 Å². The first-order chi connectivity index (χ1) is 9.66. The maximum absolute atomic E-state index is 6.10. The number of fused-ring (bicyclic) bond motifs is 1. The van der Waals surface area contributed by atoms with Crippen molar-refractivity contribution in [1.82, 2.24) is 14.5 Å². The molecule has 0 amide bonds. The van der Waals surface area contributed by atoms with Crippen LogP contribution >= 0.6 is 0 Å². The van der Waals surface area contributed by atoms with Crippen LogP contribution in [-0.4, -0.2) is 34.1 Å². The number of nitrogen functional groups attached to an aromatic ring is 1. The summed E-state index contributed by atoms with van der Waals surface area (Å²) in [7, 11) is 2.23. The van der Waals surface area contributed by atoms with E-state index in [4.69, 9.17) is 5.73 Å². The summed E-state index contributed by atoms with van der Waals surface area (Å²) >= 11 is 0. The number of rotatable bonds is 4. The molecular formula is C16H24N4. The Morgan fingerprint density at radius 1 is 1.35 bits per heavy atom. The zero-order chi connectivity index (χ0) is 14.1. The normalized spacial score (nSPS) is 16.6. The molecule has 1 aliphatic rings. The van der Waals surface area contributed by atoms with Crippen LogP contribution in [0.25, 0.3) is 11.0 Å². The number of hydrogen-bond donors (Lipinski definition) is 1. The van der Waals surface area contributed by atoms with Crippen molar-refractivity contribution >= 4 is 17.0 Å². The SMILES string of the molecule is Cc1cccc2nc(N)n(CCN(C)C3CCCC3)c12. The van der Waals surface area contributed by atoms with Gasteiger partial charge >= 0.3 is 0 Å². The van der Waals surface area contributed by atoms with Gasteiger partial charge in [0.25, 0.3) is 0 Å². The summed E-state index contributed by atoms with van der Waals surface area (Å²) in [6.45, 7) is 4.08. The van der Waals surface area contributed by atoms with Gasteiger partial charge in [0, 0.05) is 19.1 Å². The predicted molar refractivity (Wildman–Crippen MR) is 83.8 cm³/mol. The summed E-state index contributed by atoms with van der Waals surface area (Å²) < 4.78 is 2.16. The number of likely N-dealkylation sites (N-methyl/N-ethyl adjacent to an activating group) is 1. The molecule has 0 aliphatic heterocycles. The fraction of sp³-hybridized carbons (Fsp3) is 0.562. The molecule has 1 aromatic carbocycles. The third-order valence-corrected chi connectivity index (χ3v) is 4.62. The van der Waals surface area contributed by atoms with E-state index in [9.17, 15) is 0 Å².